The zero-order valence-electron chi connectivity index (χ0n) is 19.5. The number of nitrogens with zero attached hydrogens (tertiary/aromatic N) is 4. The lowest BCUT2D eigenvalue weighted by Gasteiger charge is -2.17. The fourth-order valence-corrected chi connectivity index (χ4v) is 4.65. The van der Waals surface area contributed by atoms with Crippen LogP contribution in [-0.2, 0) is 11.3 Å². The van der Waals surface area contributed by atoms with Gasteiger partial charge in [0, 0.05) is 25.2 Å². The molecule has 0 aliphatic heterocycles. The molecular formula is C26H21N5O4S. The number of aromatic nitrogens is 3. The predicted octanol–water partition coefficient (Wildman–Crippen LogP) is 4.79. The van der Waals surface area contributed by atoms with E-state index in [4.69, 9.17) is 4.42 Å². The zero-order chi connectivity index (χ0) is 25.2. The third-order valence-corrected chi connectivity index (χ3v) is 6.72. The van der Waals surface area contributed by atoms with E-state index in [2.05, 4.69) is 15.3 Å². The molecule has 3 aromatic heterocycles. The molecule has 3 heterocycles. The van der Waals surface area contributed by atoms with Gasteiger partial charge in [-0.2, -0.15) is 0 Å². The van der Waals surface area contributed by atoms with Crippen LogP contribution in [-0.4, -0.2) is 39.7 Å². The number of nitrogens with one attached hydrogen (secondary N) is 1. The van der Waals surface area contributed by atoms with E-state index in [1.54, 1.807) is 67.2 Å². The average Bonchev–Trinajstić information content (AvgIpc) is 3.63. The predicted molar refractivity (Wildman–Crippen MR) is 137 cm³/mol. The molecule has 0 spiro atoms. The summed E-state index contributed by atoms with van der Waals surface area (Å²) >= 11 is 1.26. The molecule has 5 aromatic rings. The number of rotatable bonds is 7. The van der Waals surface area contributed by atoms with Crippen molar-refractivity contribution in [2.24, 2.45) is 0 Å². The summed E-state index contributed by atoms with van der Waals surface area (Å²) in [5, 5.41) is 2.81. The fraction of sp³-hybridized carbons (Fsp3) is 0.115. The number of imidazole rings is 1. The van der Waals surface area contributed by atoms with Gasteiger partial charge in [0.1, 0.15) is 6.29 Å². The Bertz CT molecular complexity index is 1580. The lowest BCUT2D eigenvalue weighted by molar-refractivity contribution is -0.108. The van der Waals surface area contributed by atoms with Gasteiger partial charge in [0.25, 0.3) is 11.8 Å². The molecule has 36 heavy (non-hydrogen) atoms. The van der Waals surface area contributed by atoms with Gasteiger partial charge in [-0.1, -0.05) is 18.2 Å². The van der Waals surface area contributed by atoms with E-state index in [1.807, 2.05) is 18.2 Å². The molecule has 5 rings (SSSR count). The van der Waals surface area contributed by atoms with Gasteiger partial charge in [0.15, 0.2) is 11.7 Å². The summed E-state index contributed by atoms with van der Waals surface area (Å²) in [5.41, 5.74) is 2.40. The lowest BCUT2D eigenvalue weighted by Crippen LogP contribution is -2.26. The minimum absolute atomic E-state index is 0.0112. The van der Waals surface area contributed by atoms with Crippen LogP contribution in [0.25, 0.3) is 21.7 Å². The smallest absolute Gasteiger partial charge is 0.268 e. The van der Waals surface area contributed by atoms with Crippen LogP contribution in [0.5, 0.6) is 0 Å². The highest BCUT2D eigenvalue weighted by Crippen LogP contribution is 2.30. The molecule has 0 radical (unpaired) electrons. The van der Waals surface area contributed by atoms with Crippen molar-refractivity contribution in [1.82, 2.24) is 14.5 Å². The van der Waals surface area contributed by atoms with Crippen molar-refractivity contribution in [2.45, 2.75) is 13.5 Å². The Labute approximate surface area is 210 Å². The summed E-state index contributed by atoms with van der Waals surface area (Å²) in [7, 11) is 1.69. The first-order valence-corrected chi connectivity index (χ1v) is 11.9. The fourth-order valence-electron chi connectivity index (χ4n) is 3.80. The van der Waals surface area contributed by atoms with Crippen LogP contribution in [0.2, 0.25) is 0 Å². The first-order valence-electron chi connectivity index (χ1n) is 11.1. The van der Waals surface area contributed by atoms with Crippen LogP contribution in [0.1, 0.15) is 25.9 Å². The van der Waals surface area contributed by atoms with Crippen LogP contribution in [0, 0.1) is 6.92 Å². The Morgan fingerprint density at radius 1 is 1.14 bits per heavy atom. The molecule has 0 fully saturated rings. The van der Waals surface area contributed by atoms with E-state index in [0.29, 0.717) is 38.8 Å². The maximum absolute atomic E-state index is 13.0. The third-order valence-electron chi connectivity index (χ3n) is 5.62. The van der Waals surface area contributed by atoms with E-state index in [0.717, 1.165) is 11.2 Å². The molecule has 9 nitrogen and oxygen atoms in total. The molecule has 0 unspecified atom stereocenters. The van der Waals surface area contributed by atoms with Gasteiger partial charge < -0.3 is 18.7 Å². The Kier molecular flexibility index (Phi) is 6.17. The highest BCUT2D eigenvalue weighted by atomic mass is 32.1. The number of fused-ring (bicyclic) bond motifs is 1. The largest absolute Gasteiger partial charge is 0.440 e. The second kappa shape index (κ2) is 9.59. The molecule has 0 aliphatic rings. The standard InChI is InChI=1S/C26H21N5O4S/c1-16-27-15-21(35-16)22-10-11-23(36-22)24(33)29-26-28-19-14-18(8-9-20(19)31(26)12-13-32)30(2)25(34)17-6-4-3-5-7-17/h3-11,13-15H,12H2,1-2H3,(H,28,29,33). The van der Waals surface area contributed by atoms with Gasteiger partial charge in [-0.05, 0) is 42.5 Å². The van der Waals surface area contributed by atoms with Gasteiger partial charge in [-0.3, -0.25) is 14.9 Å². The number of aldehydes is 1. The number of aryl methyl sites for hydroxylation is 1. The quantitative estimate of drug-likeness (QED) is 0.323. The Morgan fingerprint density at radius 3 is 2.67 bits per heavy atom. The van der Waals surface area contributed by atoms with Crippen LogP contribution in [0.3, 0.4) is 0 Å². The maximum Gasteiger partial charge on any atom is 0.268 e. The van der Waals surface area contributed by atoms with E-state index < -0.39 is 0 Å². The number of thiophene rings is 1. The van der Waals surface area contributed by atoms with E-state index in [-0.39, 0.29) is 24.3 Å². The molecule has 0 aliphatic carbocycles. The summed E-state index contributed by atoms with van der Waals surface area (Å²) in [6.45, 7) is 1.76. The van der Waals surface area contributed by atoms with Crippen LogP contribution in [0.15, 0.2) is 71.3 Å². The van der Waals surface area contributed by atoms with Gasteiger partial charge in [0.05, 0.1) is 33.5 Å². The number of oxazole rings is 1. The minimum Gasteiger partial charge on any atom is -0.440 e. The molecule has 0 bridgehead atoms. The van der Waals surface area contributed by atoms with Crippen molar-refractivity contribution in [3.63, 3.8) is 0 Å². The topological polar surface area (TPSA) is 110 Å². The molecule has 2 amide bonds. The molecule has 0 saturated heterocycles. The van der Waals surface area contributed by atoms with Gasteiger partial charge in [0.2, 0.25) is 5.95 Å². The van der Waals surface area contributed by atoms with Crippen LogP contribution in [0.4, 0.5) is 11.6 Å². The summed E-state index contributed by atoms with van der Waals surface area (Å²) in [6.07, 6.45) is 2.36. The monoisotopic (exact) mass is 499 g/mol. The average molecular weight is 500 g/mol. The SMILES string of the molecule is Cc1ncc(-c2ccc(C(=O)Nc3nc4cc(N(C)C(=O)c5ccccc5)ccc4n3CC=O)s2)o1. The molecule has 2 aromatic carbocycles. The van der Waals surface area contributed by atoms with Crippen LogP contribution >= 0.6 is 11.3 Å². The number of hydrogen-bond donors (Lipinski definition) is 1. The van der Waals surface area contributed by atoms with Crippen molar-refractivity contribution in [3.8, 4) is 10.6 Å². The molecule has 1 N–H and O–H groups in total. The summed E-state index contributed by atoms with van der Waals surface area (Å²) in [4.78, 5) is 48.6. The number of hydrogen-bond acceptors (Lipinski definition) is 7. The second-order valence-corrected chi connectivity index (χ2v) is 9.06. The number of anilines is 2. The molecule has 10 heteroatoms. The van der Waals surface area contributed by atoms with E-state index >= 15 is 0 Å². The van der Waals surface area contributed by atoms with Crippen molar-refractivity contribution in [2.75, 3.05) is 17.3 Å². The Balaban J connectivity index is 1.42. The number of amides is 2. The second-order valence-electron chi connectivity index (χ2n) is 7.98. The Morgan fingerprint density at radius 2 is 1.94 bits per heavy atom. The maximum atomic E-state index is 13.0. The van der Waals surface area contributed by atoms with E-state index in [1.165, 1.54) is 16.2 Å². The molecule has 0 saturated carbocycles. The number of carbonyl (C=O) groups excluding carboxylic acids is 3. The first-order chi connectivity index (χ1) is 17.4. The van der Waals surface area contributed by atoms with Crippen molar-refractivity contribution in [3.05, 3.63) is 83.2 Å². The summed E-state index contributed by atoms with van der Waals surface area (Å²) < 4.78 is 7.15. The van der Waals surface area contributed by atoms with Crippen molar-refractivity contribution in [1.29, 1.82) is 0 Å². The highest BCUT2D eigenvalue weighted by molar-refractivity contribution is 7.17. The zero-order valence-corrected chi connectivity index (χ0v) is 20.3. The van der Waals surface area contributed by atoms with Crippen LogP contribution < -0.4 is 10.2 Å². The number of carbonyl (C=O) groups is 3. The third kappa shape index (κ3) is 4.41. The van der Waals surface area contributed by atoms with E-state index in [9.17, 15) is 14.4 Å². The highest BCUT2D eigenvalue weighted by Gasteiger charge is 2.19. The minimum atomic E-state index is -0.360. The molecular weight excluding hydrogens is 478 g/mol. The molecule has 180 valence electrons. The van der Waals surface area contributed by atoms with Gasteiger partial charge >= 0.3 is 0 Å². The number of benzene rings is 2. The van der Waals surface area contributed by atoms with Gasteiger partial charge in [-0.25, -0.2) is 9.97 Å². The normalized spacial score (nSPS) is 10.9. The summed E-state index contributed by atoms with van der Waals surface area (Å²) in [6, 6.07) is 17.8. The van der Waals surface area contributed by atoms with Crippen molar-refractivity contribution >= 4 is 52.1 Å². The molecule has 0 atom stereocenters. The Hall–Kier alpha value is -4.57. The lowest BCUT2D eigenvalue weighted by atomic mass is 10.2. The van der Waals surface area contributed by atoms with Crippen molar-refractivity contribution < 1.29 is 18.8 Å². The summed E-state index contributed by atoms with van der Waals surface area (Å²) in [5.74, 6) is 0.850. The van der Waals surface area contributed by atoms with Gasteiger partial charge in [-0.15, -0.1) is 11.3 Å². The first kappa shape index (κ1) is 23.2.